The second kappa shape index (κ2) is 6.33. The number of rotatable bonds is 4. The van der Waals surface area contributed by atoms with E-state index in [1.165, 1.54) is 16.0 Å². The molecule has 2 aromatic rings. The third-order valence-electron chi connectivity index (χ3n) is 3.72. The van der Waals surface area contributed by atoms with Gasteiger partial charge in [-0.2, -0.15) is 0 Å². The zero-order valence-corrected chi connectivity index (χ0v) is 13.7. The van der Waals surface area contributed by atoms with Crippen LogP contribution in [0.5, 0.6) is 0 Å². The summed E-state index contributed by atoms with van der Waals surface area (Å²) < 4.78 is 1.16. The average Bonchev–Trinajstić information content (AvgIpc) is 2.83. The largest absolute Gasteiger partial charge is 0.327 e. The molecule has 104 valence electrons. The third kappa shape index (κ3) is 3.27. The first-order chi connectivity index (χ1) is 9.72. The maximum absolute atomic E-state index is 6.36. The van der Waals surface area contributed by atoms with Gasteiger partial charge in [-0.1, -0.05) is 52.3 Å². The quantitative estimate of drug-likeness (QED) is 0.885. The van der Waals surface area contributed by atoms with Crippen molar-refractivity contribution in [3.63, 3.8) is 0 Å². The average molecular weight is 348 g/mol. The molecule has 20 heavy (non-hydrogen) atoms. The summed E-state index contributed by atoms with van der Waals surface area (Å²) in [6.07, 6.45) is 3.17. The lowest BCUT2D eigenvalue weighted by Crippen LogP contribution is -2.27. The molecule has 1 nitrogen and oxygen atoms in total. The molecule has 2 aromatic carbocycles. The fourth-order valence-electron chi connectivity index (χ4n) is 2.75. The van der Waals surface area contributed by atoms with Gasteiger partial charge < -0.3 is 5.73 Å². The van der Waals surface area contributed by atoms with Crippen LogP contribution in [-0.2, 0) is 12.8 Å². The fraction of sp³-hybridized carbons (Fsp3) is 0.294. The molecule has 0 saturated carbocycles. The van der Waals surface area contributed by atoms with Crippen LogP contribution >= 0.6 is 27.7 Å². The molecule has 1 aliphatic rings. The maximum atomic E-state index is 6.36. The first-order valence-corrected chi connectivity index (χ1v) is 8.63. The number of benzene rings is 2. The van der Waals surface area contributed by atoms with E-state index in [0.29, 0.717) is 5.25 Å². The van der Waals surface area contributed by atoms with Gasteiger partial charge in [0.15, 0.2) is 0 Å². The van der Waals surface area contributed by atoms with Crippen LogP contribution in [0.3, 0.4) is 0 Å². The molecule has 3 heteroatoms. The van der Waals surface area contributed by atoms with Crippen LogP contribution in [0.2, 0.25) is 0 Å². The fourth-order valence-corrected chi connectivity index (χ4v) is 4.62. The standard InChI is InChI=1S/C17H18BrNS/c18-16-7-3-1-5-12(16)9-14(19)11-15-10-13-6-2-4-8-17(13)20-15/h1-8,14-15H,9-11,19H2. The highest BCUT2D eigenvalue weighted by Gasteiger charge is 2.23. The van der Waals surface area contributed by atoms with Crippen LogP contribution in [0.4, 0.5) is 0 Å². The van der Waals surface area contributed by atoms with Crippen molar-refractivity contribution in [1.82, 2.24) is 0 Å². The molecule has 0 bridgehead atoms. The molecule has 0 radical (unpaired) electrons. The van der Waals surface area contributed by atoms with Gasteiger partial charge in [-0.05, 0) is 42.5 Å². The van der Waals surface area contributed by atoms with Crippen molar-refractivity contribution in [3.05, 3.63) is 64.1 Å². The van der Waals surface area contributed by atoms with E-state index in [1.54, 1.807) is 0 Å². The number of fused-ring (bicyclic) bond motifs is 1. The van der Waals surface area contributed by atoms with E-state index in [9.17, 15) is 0 Å². The third-order valence-corrected chi connectivity index (χ3v) is 5.84. The second-order valence-corrected chi connectivity index (χ2v) is 7.54. The smallest absolute Gasteiger partial charge is 0.0207 e. The maximum Gasteiger partial charge on any atom is 0.0207 e. The highest BCUT2D eigenvalue weighted by Crippen LogP contribution is 2.38. The normalized spacial score (nSPS) is 18.8. The number of halogens is 1. The molecule has 0 aromatic heterocycles. The van der Waals surface area contributed by atoms with Gasteiger partial charge in [-0.3, -0.25) is 0 Å². The molecule has 0 fully saturated rings. The lowest BCUT2D eigenvalue weighted by atomic mass is 10.00. The van der Waals surface area contributed by atoms with Gasteiger partial charge in [0, 0.05) is 20.7 Å². The van der Waals surface area contributed by atoms with Gasteiger partial charge in [-0.25, -0.2) is 0 Å². The van der Waals surface area contributed by atoms with E-state index in [0.717, 1.165) is 23.7 Å². The van der Waals surface area contributed by atoms with Crippen LogP contribution in [0.1, 0.15) is 17.5 Å². The number of thioether (sulfide) groups is 1. The minimum absolute atomic E-state index is 0.223. The Balaban J connectivity index is 1.59. The van der Waals surface area contributed by atoms with Crippen molar-refractivity contribution >= 4 is 27.7 Å². The summed E-state index contributed by atoms with van der Waals surface area (Å²) in [4.78, 5) is 1.44. The van der Waals surface area contributed by atoms with Gasteiger partial charge in [0.05, 0.1) is 0 Å². The molecule has 0 aliphatic carbocycles. The van der Waals surface area contributed by atoms with Crippen LogP contribution in [0.25, 0.3) is 0 Å². The van der Waals surface area contributed by atoms with Gasteiger partial charge >= 0.3 is 0 Å². The van der Waals surface area contributed by atoms with Gasteiger partial charge in [0.2, 0.25) is 0 Å². The summed E-state index contributed by atoms with van der Waals surface area (Å²) in [5, 5.41) is 0.630. The second-order valence-electron chi connectivity index (χ2n) is 5.34. The Morgan fingerprint density at radius 2 is 1.90 bits per heavy atom. The molecule has 2 atom stereocenters. The van der Waals surface area contributed by atoms with Gasteiger partial charge in [-0.15, -0.1) is 11.8 Å². The van der Waals surface area contributed by atoms with E-state index in [2.05, 4.69) is 58.4 Å². The lowest BCUT2D eigenvalue weighted by molar-refractivity contribution is 0.593. The number of hydrogen-bond acceptors (Lipinski definition) is 2. The molecular weight excluding hydrogens is 330 g/mol. The molecule has 3 rings (SSSR count). The predicted molar refractivity (Wildman–Crippen MR) is 90.2 cm³/mol. The van der Waals surface area contributed by atoms with E-state index >= 15 is 0 Å². The Morgan fingerprint density at radius 1 is 1.15 bits per heavy atom. The summed E-state index contributed by atoms with van der Waals surface area (Å²) >= 11 is 5.59. The lowest BCUT2D eigenvalue weighted by Gasteiger charge is -2.16. The van der Waals surface area contributed by atoms with Crippen molar-refractivity contribution in [1.29, 1.82) is 0 Å². The van der Waals surface area contributed by atoms with E-state index in [4.69, 9.17) is 5.73 Å². The summed E-state index contributed by atoms with van der Waals surface area (Å²) in [5.74, 6) is 0. The van der Waals surface area contributed by atoms with Crippen LogP contribution in [-0.4, -0.2) is 11.3 Å². The Bertz CT molecular complexity index is 574. The Labute approximate surface area is 133 Å². The van der Waals surface area contributed by atoms with Gasteiger partial charge in [0.1, 0.15) is 0 Å². The minimum atomic E-state index is 0.223. The summed E-state index contributed by atoms with van der Waals surface area (Å²) in [6, 6.07) is 17.3. The zero-order chi connectivity index (χ0) is 13.9. The summed E-state index contributed by atoms with van der Waals surface area (Å²) in [7, 11) is 0. The SMILES string of the molecule is NC(Cc1ccccc1Br)CC1Cc2ccccc2S1. The topological polar surface area (TPSA) is 26.0 Å². The first-order valence-electron chi connectivity index (χ1n) is 6.96. The van der Waals surface area contributed by atoms with Crippen molar-refractivity contribution in [2.45, 2.75) is 35.4 Å². The molecule has 0 spiro atoms. The Morgan fingerprint density at radius 3 is 2.70 bits per heavy atom. The van der Waals surface area contributed by atoms with Crippen LogP contribution < -0.4 is 5.73 Å². The van der Waals surface area contributed by atoms with Gasteiger partial charge in [0.25, 0.3) is 0 Å². The van der Waals surface area contributed by atoms with Crippen LogP contribution in [0, 0.1) is 0 Å². The summed E-state index contributed by atoms with van der Waals surface area (Å²) in [6.45, 7) is 0. The van der Waals surface area contributed by atoms with E-state index < -0.39 is 0 Å². The Kier molecular flexibility index (Phi) is 4.49. The monoisotopic (exact) mass is 347 g/mol. The van der Waals surface area contributed by atoms with E-state index in [1.807, 2.05) is 17.8 Å². The zero-order valence-electron chi connectivity index (χ0n) is 11.3. The van der Waals surface area contributed by atoms with E-state index in [-0.39, 0.29) is 6.04 Å². The Hall–Kier alpha value is -0.770. The molecule has 1 aliphatic heterocycles. The minimum Gasteiger partial charge on any atom is -0.327 e. The molecular formula is C17H18BrNS. The molecule has 2 N–H and O–H groups in total. The first kappa shape index (κ1) is 14.2. The van der Waals surface area contributed by atoms with Crippen molar-refractivity contribution in [2.24, 2.45) is 5.73 Å². The molecule has 2 unspecified atom stereocenters. The number of nitrogens with two attached hydrogens (primary N) is 1. The van der Waals surface area contributed by atoms with Crippen molar-refractivity contribution in [3.8, 4) is 0 Å². The van der Waals surface area contributed by atoms with Crippen molar-refractivity contribution < 1.29 is 0 Å². The molecule has 1 heterocycles. The highest BCUT2D eigenvalue weighted by atomic mass is 79.9. The van der Waals surface area contributed by atoms with Crippen molar-refractivity contribution in [2.75, 3.05) is 0 Å². The number of hydrogen-bond donors (Lipinski definition) is 1. The predicted octanol–water partition coefficient (Wildman–Crippen LogP) is 4.43. The summed E-state index contributed by atoms with van der Waals surface area (Å²) in [5.41, 5.74) is 9.14. The molecule has 0 saturated heterocycles. The van der Waals surface area contributed by atoms with Crippen LogP contribution in [0.15, 0.2) is 57.9 Å². The highest BCUT2D eigenvalue weighted by molar-refractivity contribution is 9.10. The molecule has 0 amide bonds.